The Morgan fingerprint density at radius 3 is 2.96 bits per heavy atom. The van der Waals surface area contributed by atoms with Crippen molar-refractivity contribution in [1.29, 1.82) is 0 Å². The summed E-state index contributed by atoms with van der Waals surface area (Å²) in [6.07, 6.45) is 0.783. The van der Waals surface area contributed by atoms with Gasteiger partial charge in [0.05, 0.1) is 21.8 Å². The van der Waals surface area contributed by atoms with Crippen LogP contribution in [0.4, 0.5) is 0 Å². The summed E-state index contributed by atoms with van der Waals surface area (Å²) >= 11 is 4.98. The van der Waals surface area contributed by atoms with Gasteiger partial charge >= 0.3 is 0 Å². The summed E-state index contributed by atoms with van der Waals surface area (Å²) in [6.45, 7) is 2.21. The zero-order valence-corrected chi connectivity index (χ0v) is 15.2. The molecule has 1 aliphatic heterocycles. The molecule has 0 atom stereocenters. The molecule has 0 saturated heterocycles. The van der Waals surface area contributed by atoms with Gasteiger partial charge < -0.3 is 4.98 Å². The van der Waals surface area contributed by atoms with E-state index in [4.69, 9.17) is 0 Å². The van der Waals surface area contributed by atoms with E-state index in [2.05, 4.69) is 35.8 Å². The predicted octanol–water partition coefficient (Wildman–Crippen LogP) is 3.21. The van der Waals surface area contributed by atoms with Crippen molar-refractivity contribution in [1.82, 2.24) is 19.9 Å². The molecular formula is C17H15BrN4OS. The van der Waals surface area contributed by atoms with Gasteiger partial charge in [-0.05, 0) is 39.5 Å². The van der Waals surface area contributed by atoms with Gasteiger partial charge in [0.15, 0.2) is 5.82 Å². The Morgan fingerprint density at radius 1 is 1.25 bits per heavy atom. The van der Waals surface area contributed by atoms with Crippen LogP contribution in [0, 0.1) is 0 Å². The molecule has 4 heterocycles. The second-order valence-corrected chi connectivity index (χ2v) is 7.49. The number of aromatic amines is 1. The highest BCUT2D eigenvalue weighted by atomic mass is 79.9. The molecule has 0 aliphatic carbocycles. The first kappa shape index (κ1) is 15.7. The molecule has 0 saturated carbocycles. The third kappa shape index (κ3) is 3.19. The molecule has 4 rings (SSSR count). The first-order valence-electron chi connectivity index (χ1n) is 7.69. The number of pyridine rings is 1. The van der Waals surface area contributed by atoms with E-state index in [1.54, 1.807) is 11.3 Å². The second kappa shape index (κ2) is 6.58. The Hall–Kier alpha value is -1.83. The molecule has 24 heavy (non-hydrogen) atoms. The summed E-state index contributed by atoms with van der Waals surface area (Å²) in [6, 6.07) is 9.83. The highest BCUT2D eigenvalue weighted by Crippen LogP contribution is 2.23. The topological polar surface area (TPSA) is 61.9 Å². The van der Waals surface area contributed by atoms with Crippen LogP contribution in [0.2, 0.25) is 0 Å². The van der Waals surface area contributed by atoms with E-state index in [0.717, 1.165) is 45.9 Å². The molecule has 0 spiro atoms. The third-order valence-electron chi connectivity index (χ3n) is 4.06. The van der Waals surface area contributed by atoms with E-state index >= 15 is 0 Å². The zero-order valence-electron chi connectivity index (χ0n) is 12.8. The maximum atomic E-state index is 12.5. The van der Waals surface area contributed by atoms with Crippen molar-refractivity contribution in [3.05, 3.63) is 67.6 Å². The molecule has 0 bridgehead atoms. The number of nitrogens with one attached hydrogen (secondary N) is 1. The lowest BCUT2D eigenvalue weighted by Gasteiger charge is -2.27. The number of aromatic nitrogens is 3. The Bertz CT molecular complexity index is 923. The van der Waals surface area contributed by atoms with Crippen LogP contribution in [0.25, 0.3) is 10.7 Å². The molecule has 0 fully saturated rings. The minimum absolute atomic E-state index is 0.0321. The van der Waals surface area contributed by atoms with Crippen molar-refractivity contribution in [2.45, 2.75) is 19.5 Å². The van der Waals surface area contributed by atoms with Crippen LogP contribution in [0.1, 0.15) is 17.0 Å². The van der Waals surface area contributed by atoms with Gasteiger partial charge in [0.2, 0.25) is 0 Å². The summed E-state index contributed by atoms with van der Waals surface area (Å²) in [4.78, 5) is 27.8. The molecule has 0 aromatic carbocycles. The van der Waals surface area contributed by atoms with Gasteiger partial charge in [-0.2, -0.15) is 0 Å². The number of H-pyrrole nitrogens is 1. The van der Waals surface area contributed by atoms with Crippen LogP contribution in [0.15, 0.2) is 45.1 Å². The second-order valence-electron chi connectivity index (χ2n) is 5.73. The fourth-order valence-corrected chi connectivity index (χ4v) is 3.96. The molecular weight excluding hydrogens is 388 g/mol. The van der Waals surface area contributed by atoms with Gasteiger partial charge in [0, 0.05) is 26.1 Å². The first-order valence-corrected chi connectivity index (χ1v) is 9.36. The number of thiophene rings is 1. The summed E-state index contributed by atoms with van der Waals surface area (Å²) in [5, 5.41) is 1.99. The van der Waals surface area contributed by atoms with E-state index in [9.17, 15) is 4.79 Å². The van der Waals surface area contributed by atoms with Gasteiger partial charge in [-0.25, -0.2) is 9.97 Å². The van der Waals surface area contributed by atoms with Gasteiger partial charge in [-0.15, -0.1) is 11.3 Å². The fraction of sp³-hybridized carbons (Fsp3) is 0.235. The number of rotatable bonds is 3. The van der Waals surface area contributed by atoms with Crippen LogP contribution >= 0.6 is 27.3 Å². The third-order valence-corrected chi connectivity index (χ3v) is 5.38. The summed E-state index contributed by atoms with van der Waals surface area (Å²) in [5.74, 6) is 0.677. The Morgan fingerprint density at radius 2 is 2.17 bits per heavy atom. The molecule has 3 aromatic rings. The van der Waals surface area contributed by atoms with E-state index < -0.39 is 0 Å². The first-order chi connectivity index (χ1) is 11.7. The van der Waals surface area contributed by atoms with Crippen LogP contribution in [-0.4, -0.2) is 26.4 Å². The Balaban J connectivity index is 1.58. The van der Waals surface area contributed by atoms with Crippen molar-refractivity contribution >= 4 is 27.3 Å². The molecule has 122 valence electrons. The SMILES string of the molecule is O=c1[nH]c(-c2cccs2)nc2c1CN(Cc1cccc(Br)n1)CC2. The number of fused-ring (bicyclic) bond motifs is 1. The van der Waals surface area contributed by atoms with Crippen molar-refractivity contribution in [3.63, 3.8) is 0 Å². The lowest BCUT2D eigenvalue weighted by Crippen LogP contribution is -2.35. The molecule has 0 unspecified atom stereocenters. The monoisotopic (exact) mass is 402 g/mol. The van der Waals surface area contributed by atoms with Crippen molar-refractivity contribution in [2.24, 2.45) is 0 Å². The summed E-state index contributed by atoms with van der Waals surface area (Å²) < 4.78 is 0.831. The van der Waals surface area contributed by atoms with Crippen LogP contribution in [0.3, 0.4) is 0 Å². The van der Waals surface area contributed by atoms with Gasteiger partial charge in [0.1, 0.15) is 4.60 Å². The van der Waals surface area contributed by atoms with E-state index in [1.165, 1.54) is 0 Å². The molecule has 1 N–H and O–H groups in total. The molecule has 7 heteroatoms. The molecule has 1 aliphatic rings. The lowest BCUT2D eigenvalue weighted by atomic mass is 10.1. The van der Waals surface area contributed by atoms with Gasteiger partial charge in [0.25, 0.3) is 5.56 Å². The highest BCUT2D eigenvalue weighted by Gasteiger charge is 2.22. The Labute approximate surface area is 151 Å². The average Bonchev–Trinajstić information content (AvgIpc) is 3.10. The van der Waals surface area contributed by atoms with Crippen molar-refractivity contribution < 1.29 is 0 Å². The van der Waals surface area contributed by atoms with Gasteiger partial charge in [-0.1, -0.05) is 12.1 Å². The lowest BCUT2D eigenvalue weighted by molar-refractivity contribution is 0.239. The van der Waals surface area contributed by atoms with E-state index in [-0.39, 0.29) is 5.56 Å². The quantitative estimate of drug-likeness (QED) is 0.683. The smallest absolute Gasteiger partial charge is 0.255 e. The van der Waals surface area contributed by atoms with E-state index in [0.29, 0.717) is 12.4 Å². The molecule has 5 nitrogen and oxygen atoms in total. The molecule has 0 radical (unpaired) electrons. The number of halogens is 1. The number of nitrogens with zero attached hydrogens (tertiary/aromatic N) is 3. The maximum Gasteiger partial charge on any atom is 0.255 e. The van der Waals surface area contributed by atoms with Crippen molar-refractivity contribution in [2.75, 3.05) is 6.54 Å². The number of hydrogen-bond acceptors (Lipinski definition) is 5. The highest BCUT2D eigenvalue weighted by molar-refractivity contribution is 9.10. The number of hydrogen-bond donors (Lipinski definition) is 1. The average molecular weight is 403 g/mol. The fourth-order valence-electron chi connectivity index (χ4n) is 2.91. The van der Waals surface area contributed by atoms with Crippen molar-refractivity contribution in [3.8, 4) is 10.7 Å². The molecule has 3 aromatic heterocycles. The summed E-state index contributed by atoms with van der Waals surface area (Å²) in [7, 11) is 0. The van der Waals surface area contributed by atoms with Crippen LogP contribution in [-0.2, 0) is 19.5 Å². The zero-order chi connectivity index (χ0) is 16.5. The largest absolute Gasteiger partial charge is 0.306 e. The summed E-state index contributed by atoms with van der Waals surface area (Å²) in [5.41, 5.74) is 2.65. The van der Waals surface area contributed by atoms with Gasteiger partial charge in [-0.3, -0.25) is 9.69 Å². The minimum atomic E-state index is -0.0321. The normalized spacial score (nSPS) is 14.5. The standard InChI is InChI=1S/C17H15BrN4OS/c18-15-5-1-3-11(19-15)9-22-7-6-13-12(10-22)17(23)21-16(20-13)14-4-2-8-24-14/h1-5,8H,6-7,9-10H2,(H,20,21,23). The predicted molar refractivity (Wildman–Crippen MR) is 97.9 cm³/mol. The van der Waals surface area contributed by atoms with E-state index in [1.807, 2.05) is 35.7 Å². The molecule has 0 amide bonds. The maximum absolute atomic E-state index is 12.5. The van der Waals surface area contributed by atoms with Crippen LogP contribution in [0.5, 0.6) is 0 Å². The Kier molecular flexibility index (Phi) is 4.30. The minimum Gasteiger partial charge on any atom is -0.306 e. The van der Waals surface area contributed by atoms with Crippen LogP contribution < -0.4 is 5.56 Å².